The van der Waals surface area contributed by atoms with E-state index in [1.54, 1.807) is 42.5 Å². The van der Waals surface area contributed by atoms with Crippen LogP contribution in [0.25, 0.3) is 0 Å². The zero-order chi connectivity index (χ0) is 21.3. The average Bonchev–Trinajstić information content (AvgIpc) is 2.76. The summed E-state index contributed by atoms with van der Waals surface area (Å²) in [6, 6.07) is 19.8. The molecule has 156 valence electrons. The highest BCUT2D eigenvalue weighted by Crippen LogP contribution is 2.27. The predicted molar refractivity (Wildman–Crippen MR) is 119 cm³/mol. The quantitative estimate of drug-likeness (QED) is 0.459. The second-order valence-corrected chi connectivity index (χ2v) is 6.82. The maximum absolute atomic E-state index is 12.8. The Hall–Kier alpha value is -3.18. The van der Waals surface area contributed by atoms with Gasteiger partial charge in [-0.3, -0.25) is 4.79 Å². The lowest BCUT2D eigenvalue weighted by Gasteiger charge is -2.14. The fraction of sp³-hybridized carbons (Fsp3) is 0.208. The van der Waals surface area contributed by atoms with E-state index >= 15 is 0 Å². The van der Waals surface area contributed by atoms with Crippen molar-refractivity contribution in [1.29, 1.82) is 0 Å². The number of carbonyl (C=O) groups excluding carboxylic acids is 1. The predicted octanol–water partition coefficient (Wildman–Crippen LogP) is 5.97. The van der Waals surface area contributed by atoms with Crippen LogP contribution in [-0.4, -0.2) is 19.1 Å². The summed E-state index contributed by atoms with van der Waals surface area (Å²) in [7, 11) is 0. The Balaban J connectivity index is 1.78. The molecule has 0 saturated carbocycles. The normalized spacial score (nSPS) is 10.4. The van der Waals surface area contributed by atoms with E-state index in [-0.39, 0.29) is 12.5 Å². The first kappa shape index (κ1) is 21.5. The van der Waals surface area contributed by atoms with Gasteiger partial charge >= 0.3 is 0 Å². The van der Waals surface area contributed by atoms with Crippen LogP contribution in [0.5, 0.6) is 17.2 Å². The Labute approximate surface area is 181 Å². The Kier molecular flexibility index (Phi) is 7.57. The van der Waals surface area contributed by atoms with Gasteiger partial charge in [-0.25, -0.2) is 0 Å². The molecule has 0 aliphatic carbocycles. The molecular weight excluding hydrogens is 402 g/mol. The van der Waals surface area contributed by atoms with Crippen LogP contribution in [0.4, 0.5) is 5.69 Å². The first-order chi connectivity index (χ1) is 14.6. The largest absolute Gasteiger partial charge is 0.493 e. The second kappa shape index (κ2) is 10.6. The van der Waals surface area contributed by atoms with Gasteiger partial charge in [0.25, 0.3) is 5.91 Å². The maximum atomic E-state index is 12.8. The highest BCUT2D eigenvalue weighted by atomic mass is 35.5. The Morgan fingerprint density at radius 1 is 0.867 bits per heavy atom. The first-order valence-corrected chi connectivity index (χ1v) is 10.2. The second-order valence-electron chi connectivity index (χ2n) is 6.38. The molecule has 0 spiro atoms. The smallest absolute Gasteiger partial charge is 0.255 e. The molecule has 0 aromatic heterocycles. The summed E-state index contributed by atoms with van der Waals surface area (Å²) in [4.78, 5) is 12.8. The third-order valence-corrected chi connectivity index (χ3v) is 4.52. The zero-order valence-electron chi connectivity index (χ0n) is 17.0. The first-order valence-electron chi connectivity index (χ1n) is 9.78. The number of ether oxygens (including phenoxy) is 3. The monoisotopic (exact) mass is 425 g/mol. The molecule has 0 atom stereocenters. The molecule has 1 N–H and O–H groups in total. The molecule has 0 aliphatic rings. The van der Waals surface area contributed by atoms with E-state index in [4.69, 9.17) is 25.8 Å². The Morgan fingerprint density at radius 3 is 2.30 bits per heavy atom. The number of amides is 1. The number of benzene rings is 3. The van der Waals surface area contributed by atoms with E-state index in [2.05, 4.69) is 5.32 Å². The van der Waals surface area contributed by atoms with Gasteiger partial charge < -0.3 is 19.5 Å². The fourth-order valence-corrected chi connectivity index (χ4v) is 2.99. The summed E-state index contributed by atoms with van der Waals surface area (Å²) < 4.78 is 17.1. The van der Waals surface area contributed by atoms with Crippen LogP contribution in [0.2, 0.25) is 5.02 Å². The molecule has 5 nitrogen and oxygen atoms in total. The van der Waals surface area contributed by atoms with E-state index in [0.717, 1.165) is 5.56 Å². The minimum Gasteiger partial charge on any atom is -0.493 e. The van der Waals surface area contributed by atoms with Crippen LogP contribution < -0.4 is 19.5 Å². The van der Waals surface area contributed by atoms with Crippen molar-refractivity contribution in [3.05, 3.63) is 82.9 Å². The SMILES string of the molecule is CCOc1ccc(C(=O)Nc2ccccc2OCC)cc1COc1ccc(Cl)cc1. The topological polar surface area (TPSA) is 56.8 Å². The molecule has 1 amide bonds. The van der Waals surface area contributed by atoms with Crippen LogP contribution in [0.1, 0.15) is 29.8 Å². The summed E-state index contributed by atoms with van der Waals surface area (Å²) in [5.41, 5.74) is 1.90. The van der Waals surface area contributed by atoms with Gasteiger partial charge in [-0.15, -0.1) is 0 Å². The number of para-hydroxylation sites is 2. The van der Waals surface area contributed by atoms with Crippen molar-refractivity contribution in [1.82, 2.24) is 0 Å². The highest BCUT2D eigenvalue weighted by Gasteiger charge is 2.13. The lowest BCUT2D eigenvalue weighted by atomic mass is 10.1. The number of halogens is 1. The summed E-state index contributed by atoms with van der Waals surface area (Å²) in [5, 5.41) is 3.55. The molecule has 3 aromatic rings. The van der Waals surface area contributed by atoms with E-state index in [0.29, 0.717) is 46.7 Å². The van der Waals surface area contributed by atoms with Crippen LogP contribution in [0.3, 0.4) is 0 Å². The van der Waals surface area contributed by atoms with Crippen molar-refractivity contribution in [2.45, 2.75) is 20.5 Å². The van der Waals surface area contributed by atoms with Gasteiger partial charge in [0.2, 0.25) is 0 Å². The van der Waals surface area contributed by atoms with Crippen molar-refractivity contribution in [2.24, 2.45) is 0 Å². The van der Waals surface area contributed by atoms with Gasteiger partial charge in [0.1, 0.15) is 23.9 Å². The minimum atomic E-state index is -0.238. The van der Waals surface area contributed by atoms with Gasteiger partial charge in [0, 0.05) is 16.1 Å². The van der Waals surface area contributed by atoms with E-state index < -0.39 is 0 Å². The van der Waals surface area contributed by atoms with E-state index in [9.17, 15) is 4.79 Å². The van der Waals surface area contributed by atoms with Crippen molar-refractivity contribution in [2.75, 3.05) is 18.5 Å². The van der Waals surface area contributed by atoms with Gasteiger partial charge in [0.15, 0.2) is 0 Å². The number of anilines is 1. The molecule has 30 heavy (non-hydrogen) atoms. The third kappa shape index (κ3) is 5.67. The molecule has 3 aromatic carbocycles. The van der Waals surface area contributed by atoms with Gasteiger partial charge in [-0.2, -0.15) is 0 Å². The molecule has 6 heteroatoms. The lowest BCUT2D eigenvalue weighted by molar-refractivity contribution is 0.102. The number of carbonyl (C=O) groups is 1. The van der Waals surface area contributed by atoms with E-state index in [1.165, 1.54) is 0 Å². The van der Waals surface area contributed by atoms with Gasteiger partial charge in [-0.1, -0.05) is 23.7 Å². The minimum absolute atomic E-state index is 0.238. The number of hydrogen-bond acceptors (Lipinski definition) is 4. The standard InChI is InChI=1S/C24H24ClNO4/c1-3-28-22-14-9-17(15-18(22)16-30-20-12-10-19(25)11-13-20)24(27)26-21-7-5-6-8-23(21)29-4-2/h5-15H,3-4,16H2,1-2H3,(H,26,27). The highest BCUT2D eigenvalue weighted by molar-refractivity contribution is 6.30. The molecule has 0 fully saturated rings. The molecule has 0 radical (unpaired) electrons. The van der Waals surface area contributed by atoms with E-state index in [1.807, 2.05) is 38.1 Å². The summed E-state index contributed by atoms with van der Waals surface area (Å²) in [6.07, 6.45) is 0. The Bertz CT molecular complexity index is 989. The number of rotatable bonds is 9. The van der Waals surface area contributed by atoms with Crippen molar-refractivity contribution >= 4 is 23.2 Å². The number of nitrogens with one attached hydrogen (secondary N) is 1. The fourth-order valence-electron chi connectivity index (χ4n) is 2.87. The third-order valence-electron chi connectivity index (χ3n) is 4.27. The zero-order valence-corrected chi connectivity index (χ0v) is 17.7. The Morgan fingerprint density at radius 2 is 1.57 bits per heavy atom. The van der Waals surface area contributed by atoms with Crippen molar-refractivity contribution in [3.8, 4) is 17.2 Å². The molecule has 0 saturated heterocycles. The van der Waals surface area contributed by atoms with Crippen molar-refractivity contribution < 1.29 is 19.0 Å². The van der Waals surface area contributed by atoms with Crippen LogP contribution in [0.15, 0.2) is 66.7 Å². The lowest BCUT2D eigenvalue weighted by Crippen LogP contribution is -2.14. The molecule has 0 unspecified atom stereocenters. The molecule has 0 bridgehead atoms. The van der Waals surface area contributed by atoms with Crippen molar-refractivity contribution in [3.63, 3.8) is 0 Å². The van der Waals surface area contributed by atoms with Crippen LogP contribution in [0, 0.1) is 0 Å². The molecule has 0 aliphatic heterocycles. The van der Waals surface area contributed by atoms with Gasteiger partial charge in [0.05, 0.1) is 18.9 Å². The average molecular weight is 426 g/mol. The summed E-state index contributed by atoms with van der Waals surface area (Å²) >= 11 is 5.92. The molecule has 3 rings (SSSR count). The summed E-state index contributed by atoms with van der Waals surface area (Å²) in [6.45, 7) is 5.10. The van der Waals surface area contributed by atoms with Gasteiger partial charge in [-0.05, 0) is 68.4 Å². The molecular formula is C24H24ClNO4. The maximum Gasteiger partial charge on any atom is 0.255 e. The van der Waals surface area contributed by atoms with Crippen LogP contribution >= 0.6 is 11.6 Å². The molecule has 0 heterocycles. The number of hydrogen-bond donors (Lipinski definition) is 1. The van der Waals surface area contributed by atoms with Crippen LogP contribution in [-0.2, 0) is 6.61 Å². The summed E-state index contributed by atoms with van der Waals surface area (Å²) in [5.74, 6) is 1.75.